The van der Waals surface area contributed by atoms with Crippen molar-refractivity contribution in [3.8, 4) is 0 Å². The molecule has 0 unspecified atom stereocenters. The summed E-state index contributed by atoms with van der Waals surface area (Å²) in [6.45, 7) is 0. The third-order valence-electron chi connectivity index (χ3n) is 0.634. The lowest BCUT2D eigenvalue weighted by Gasteiger charge is -1.85. The summed E-state index contributed by atoms with van der Waals surface area (Å²) in [5, 5.41) is 16.2. The molecule has 9 heavy (non-hydrogen) atoms. The van der Waals surface area contributed by atoms with Crippen molar-refractivity contribution in [2.24, 2.45) is 0 Å². The van der Waals surface area contributed by atoms with E-state index in [1.807, 2.05) is 0 Å². The molecule has 0 aromatic carbocycles. The molecule has 1 aromatic heterocycles. The molecular weight excluding hydrogens is 124 g/mol. The Morgan fingerprint density at radius 1 is 1.56 bits per heavy atom. The van der Waals surface area contributed by atoms with Gasteiger partial charge in [0.2, 0.25) is 0 Å². The van der Waals surface area contributed by atoms with Crippen molar-refractivity contribution in [2.45, 2.75) is 0 Å². The molecule has 0 aliphatic rings. The van der Waals surface area contributed by atoms with Crippen molar-refractivity contribution in [2.75, 3.05) is 0 Å². The fourth-order valence-electron chi connectivity index (χ4n) is 0.324. The minimum Gasteiger partial charge on any atom is -0.390 e. The summed E-state index contributed by atoms with van der Waals surface area (Å²) in [5.41, 5.74) is 0. The van der Waals surface area contributed by atoms with Crippen molar-refractivity contribution in [3.63, 3.8) is 0 Å². The Morgan fingerprint density at radius 3 is 2.67 bits per heavy atom. The van der Waals surface area contributed by atoms with Crippen molar-refractivity contribution in [3.05, 3.63) is 22.5 Å². The lowest BCUT2D eigenvalue weighted by atomic mass is 10.9. The predicted octanol–water partition coefficient (Wildman–Crippen LogP) is -0.220. The number of nitro groups is 1. The van der Waals surface area contributed by atoms with Gasteiger partial charge in [-0.2, -0.15) is 0 Å². The highest BCUT2D eigenvalue weighted by Gasteiger charge is 2.04. The van der Waals surface area contributed by atoms with Gasteiger partial charge >= 0.3 is 5.95 Å². The third kappa shape index (κ3) is 1.15. The molecule has 0 spiro atoms. The van der Waals surface area contributed by atoms with Gasteiger partial charge in [-0.1, -0.05) is 10.1 Å². The van der Waals surface area contributed by atoms with Crippen LogP contribution >= 0.6 is 0 Å². The van der Waals surface area contributed by atoms with E-state index in [1.165, 1.54) is 12.4 Å². The summed E-state index contributed by atoms with van der Waals surface area (Å²) in [4.78, 5) is 12.4. The van der Waals surface area contributed by atoms with Crippen LogP contribution in [0.2, 0.25) is 0 Å². The highest BCUT2D eigenvalue weighted by molar-refractivity contribution is 4.95. The zero-order chi connectivity index (χ0) is 6.69. The first kappa shape index (κ1) is 5.54. The van der Waals surface area contributed by atoms with Gasteiger partial charge in [0, 0.05) is 0 Å². The second-order valence-electron chi connectivity index (χ2n) is 1.20. The summed E-state index contributed by atoms with van der Waals surface area (Å²) < 4.78 is 0. The van der Waals surface area contributed by atoms with Crippen molar-refractivity contribution in [1.82, 2.24) is 15.2 Å². The van der Waals surface area contributed by atoms with Crippen LogP contribution in [0.3, 0.4) is 0 Å². The summed E-state index contributed by atoms with van der Waals surface area (Å²) in [7, 11) is 0. The van der Waals surface area contributed by atoms with E-state index in [2.05, 4.69) is 15.2 Å². The van der Waals surface area contributed by atoms with E-state index in [9.17, 15) is 10.1 Å². The summed E-state index contributed by atoms with van der Waals surface area (Å²) in [6, 6.07) is 0. The maximum absolute atomic E-state index is 9.84. The monoisotopic (exact) mass is 126 g/mol. The molecule has 46 valence electrons. The average Bonchev–Trinajstić information content (AvgIpc) is 1.90. The lowest BCUT2D eigenvalue weighted by molar-refractivity contribution is -0.395. The Labute approximate surface area is 49.7 Å². The van der Waals surface area contributed by atoms with Gasteiger partial charge in [-0.15, -0.1) is 0 Å². The van der Waals surface area contributed by atoms with Crippen molar-refractivity contribution >= 4 is 5.95 Å². The van der Waals surface area contributed by atoms with Crippen LogP contribution < -0.4 is 0 Å². The highest BCUT2D eigenvalue weighted by Crippen LogP contribution is 1.93. The Kier molecular flexibility index (Phi) is 1.31. The molecule has 1 rings (SSSR count). The fraction of sp³-hybridized carbons (Fsp3) is 0. The molecule has 1 heterocycles. The van der Waals surface area contributed by atoms with E-state index in [0.29, 0.717) is 0 Å². The molecule has 1 aromatic rings. The molecule has 0 saturated heterocycles. The molecule has 0 aliphatic heterocycles. The molecular formula is C3H2N4O2. The summed E-state index contributed by atoms with van der Waals surface area (Å²) in [6.07, 6.45) is 2.48. The summed E-state index contributed by atoms with van der Waals surface area (Å²) >= 11 is 0. The molecule has 0 N–H and O–H groups in total. The molecule has 6 heteroatoms. The maximum Gasteiger partial charge on any atom is 0.491 e. The Hall–Kier alpha value is -1.59. The Morgan fingerprint density at radius 2 is 2.33 bits per heavy atom. The van der Waals surface area contributed by atoms with Gasteiger partial charge in [-0.05, 0) is 4.92 Å². The molecule has 0 radical (unpaired) electrons. The first-order chi connectivity index (χ1) is 4.30. The molecule has 0 bridgehead atoms. The maximum atomic E-state index is 9.84. The molecule has 0 saturated carbocycles. The third-order valence-corrected chi connectivity index (χ3v) is 0.634. The van der Waals surface area contributed by atoms with Crippen LogP contribution in [0.15, 0.2) is 12.4 Å². The standard InChI is InChI=1S/C3H2N4O2/c8-7(9)3-4-1-2-5-6-3/h1-2H. The number of aromatic nitrogens is 3. The summed E-state index contributed by atoms with van der Waals surface area (Å²) in [5.74, 6) is -0.475. The predicted molar refractivity (Wildman–Crippen MR) is 26.5 cm³/mol. The van der Waals surface area contributed by atoms with Crippen LogP contribution in [0.4, 0.5) is 5.95 Å². The van der Waals surface area contributed by atoms with Crippen LogP contribution in [0, 0.1) is 10.1 Å². The van der Waals surface area contributed by atoms with Crippen LogP contribution in [-0.2, 0) is 0 Å². The van der Waals surface area contributed by atoms with Crippen LogP contribution in [0.1, 0.15) is 0 Å². The molecule has 6 nitrogen and oxygen atoms in total. The first-order valence-corrected chi connectivity index (χ1v) is 2.09. The first-order valence-electron chi connectivity index (χ1n) is 2.09. The van der Waals surface area contributed by atoms with Gasteiger partial charge < -0.3 is 10.1 Å². The topological polar surface area (TPSA) is 81.8 Å². The smallest absolute Gasteiger partial charge is 0.390 e. The van der Waals surface area contributed by atoms with Gasteiger partial charge in [0.1, 0.15) is 12.4 Å². The van der Waals surface area contributed by atoms with Crippen molar-refractivity contribution < 1.29 is 4.92 Å². The van der Waals surface area contributed by atoms with Gasteiger partial charge in [-0.3, -0.25) is 0 Å². The normalized spacial score (nSPS) is 8.89. The molecule has 0 fully saturated rings. The van der Waals surface area contributed by atoms with Gasteiger partial charge in [-0.25, -0.2) is 0 Å². The number of hydrogen-bond donors (Lipinski definition) is 0. The minimum atomic E-state index is -0.701. The average molecular weight is 126 g/mol. The molecule has 0 atom stereocenters. The second kappa shape index (κ2) is 2.12. The molecule has 0 amide bonds. The van der Waals surface area contributed by atoms with E-state index in [1.54, 1.807) is 0 Å². The SMILES string of the molecule is O=[N+]([O-])c1nccnn1. The molecule has 0 aliphatic carbocycles. The van der Waals surface area contributed by atoms with E-state index < -0.39 is 10.9 Å². The Bertz CT molecular complexity index is 210. The van der Waals surface area contributed by atoms with Crippen LogP contribution in [-0.4, -0.2) is 20.1 Å². The lowest BCUT2D eigenvalue weighted by Crippen LogP contribution is -1.95. The van der Waals surface area contributed by atoms with Gasteiger partial charge in [0.05, 0.1) is 5.10 Å². The highest BCUT2D eigenvalue weighted by atomic mass is 16.6. The Balaban J connectivity index is 2.98. The minimum absolute atomic E-state index is 0.475. The van der Waals surface area contributed by atoms with E-state index in [4.69, 9.17) is 0 Å². The van der Waals surface area contributed by atoms with Crippen molar-refractivity contribution in [1.29, 1.82) is 0 Å². The fourth-order valence-corrected chi connectivity index (χ4v) is 0.324. The zero-order valence-corrected chi connectivity index (χ0v) is 4.26. The van der Waals surface area contributed by atoms with Crippen LogP contribution in [0.25, 0.3) is 0 Å². The number of rotatable bonds is 1. The van der Waals surface area contributed by atoms with E-state index in [0.717, 1.165) is 0 Å². The second-order valence-corrected chi connectivity index (χ2v) is 1.20. The zero-order valence-electron chi connectivity index (χ0n) is 4.26. The largest absolute Gasteiger partial charge is 0.491 e. The number of nitrogens with zero attached hydrogens (tertiary/aromatic N) is 4. The number of hydrogen-bond acceptors (Lipinski definition) is 5. The van der Waals surface area contributed by atoms with E-state index in [-0.39, 0.29) is 0 Å². The van der Waals surface area contributed by atoms with Crippen LogP contribution in [0.5, 0.6) is 0 Å². The van der Waals surface area contributed by atoms with Gasteiger partial charge in [0.15, 0.2) is 0 Å². The quantitative estimate of drug-likeness (QED) is 0.383. The van der Waals surface area contributed by atoms with Gasteiger partial charge in [0.25, 0.3) is 0 Å². The van der Waals surface area contributed by atoms with E-state index >= 15 is 0 Å².